The third-order valence-corrected chi connectivity index (χ3v) is 3.33. The lowest BCUT2D eigenvalue weighted by Gasteiger charge is -2.09. The van der Waals surface area contributed by atoms with Gasteiger partial charge >= 0.3 is 0 Å². The minimum atomic E-state index is -0.367. The molecular formula is C14H12BrFN2O. The molecule has 19 heavy (non-hydrogen) atoms. The second-order valence-corrected chi connectivity index (χ2v) is 5.01. The van der Waals surface area contributed by atoms with Crippen molar-refractivity contribution in [2.24, 2.45) is 0 Å². The Labute approximate surface area is 118 Å². The van der Waals surface area contributed by atoms with Gasteiger partial charge < -0.3 is 11.1 Å². The lowest BCUT2D eigenvalue weighted by atomic mass is 10.1. The Bertz CT molecular complexity index is 643. The van der Waals surface area contributed by atoms with Crippen molar-refractivity contribution in [1.82, 2.24) is 0 Å². The molecule has 1 amide bonds. The van der Waals surface area contributed by atoms with Crippen LogP contribution < -0.4 is 11.1 Å². The van der Waals surface area contributed by atoms with Crippen molar-refractivity contribution in [3.05, 3.63) is 57.8 Å². The highest BCUT2D eigenvalue weighted by atomic mass is 79.9. The van der Waals surface area contributed by atoms with Gasteiger partial charge in [-0.05, 0) is 64.8 Å². The van der Waals surface area contributed by atoms with E-state index in [1.54, 1.807) is 18.2 Å². The fourth-order valence-corrected chi connectivity index (χ4v) is 2.17. The second-order valence-electron chi connectivity index (χ2n) is 4.15. The van der Waals surface area contributed by atoms with Gasteiger partial charge in [0.05, 0.1) is 5.69 Å². The van der Waals surface area contributed by atoms with Gasteiger partial charge in [0.2, 0.25) is 0 Å². The molecule has 98 valence electrons. The molecule has 0 aromatic heterocycles. The summed E-state index contributed by atoms with van der Waals surface area (Å²) in [6.07, 6.45) is 0. The van der Waals surface area contributed by atoms with Gasteiger partial charge in [-0.3, -0.25) is 4.79 Å². The Morgan fingerprint density at radius 3 is 2.63 bits per heavy atom. The van der Waals surface area contributed by atoms with Crippen LogP contribution in [0.15, 0.2) is 40.9 Å². The number of nitrogens with one attached hydrogen (secondary N) is 1. The summed E-state index contributed by atoms with van der Waals surface area (Å²) in [6, 6.07) is 9.15. The number of aryl methyl sites for hydroxylation is 1. The number of amides is 1. The molecule has 0 aliphatic heterocycles. The third kappa shape index (κ3) is 3.12. The van der Waals surface area contributed by atoms with Crippen LogP contribution in [0.1, 0.15) is 15.9 Å². The van der Waals surface area contributed by atoms with E-state index in [0.717, 1.165) is 5.56 Å². The van der Waals surface area contributed by atoms with E-state index < -0.39 is 0 Å². The van der Waals surface area contributed by atoms with E-state index in [1.165, 1.54) is 18.2 Å². The van der Waals surface area contributed by atoms with Crippen molar-refractivity contribution < 1.29 is 9.18 Å². The Balaban J connectivity index is 2.25. The van der Waals surface area contributed by atoms with Gasteiger partial charge in [-0.2, -0.15) is 0 Å². The molecule has 0 atom stereocenters. The van der Waals surface area contributed by atoms with E-state index in [2.05, 4.69) is 21.2 Å². The summed E-state index contributed by atoms with van der Waals surface area (Å²) in [4.78, 5) is 12.1. The number of carbonyl (C=O) groups is 1. The number of hydrogen-bond acceptors (Lipinski definition) is 2. The number of nitrogen functional groups attached to an aromatic ring is 1. The molecule has 0 radical (unpaired) electrons. The Morgan fingerprint density at radius 2 is 2.00 bits per heavy atom. The average molecular weight is 323 g/mol. The smallest absolute Gasteiger partial charge is 0.255 e. The van der Waals surface area contributed by atoms with E-state index in [-0.39, 0.29) is 11.7 Å². The van der Waals surface area contributed by atoms with Crippen LogP contribution in [-0.2, 0) is 0 Å². The third-order valence-electron chi connectivity index (χ3n) is 2.67. The summed E-state index contributed by atoms with van der Waals surface area (Å²) in [5.41, 5.74) is 8.09. The molecule has 0 aliphatic rings. The molecule has 2 rings (SSSR count). The normalized spacial score (nSPS) is 10.3. The quantitative estimate of drug-likeness (QED) is 0.828. The van der Waals surface area contributed by atoms with Gasteiger partial charge in [0.1, 0.15) is 5.82 Å². The van der Waals surface area contributed by atoms with Crippen LogP contribution in [0.25, 0.3) is 0 Å². The number of halogens is 2. The summed E-state index contributed by atoms with van der Waals surface area (Å²) in [5, 5.41) is 2.72. The maximum Gasteiger partial charge on any atom is 0.255 e. The maximum atomic E-state index is 13.0. The minimum Gasteiger partial charge on any atom is -0.399 e. The minimum absolute atomic E-state index is 0.259. The molecule has 2 aromatic rings. The van der Waals surface area contributed by atoms with Crippen molar-refractivity contribution in [2.45, 2.75) is 6.92 Å². The zero-order chi connectivity index (χ0) is 14.0. The molecule has 0 spiro atoms. The lowest BCUT2D eigenvalue weighted by Crippen LogP contribution is -2.14. The predicted molar refractivity (Wildman–Crippen MR) is 77.6 cm³/mol. The van der Waals surface area contributed by atoms with E-state index in [0.29, 0.717) is 21.4 Å². The van der Waals surface area contributed by atoms with Gasteiger partial charge in [-0.25, -0.2) is 4.39 Å². The van der Waals surface area contributed by atoms with Crippen LogP contribution in [0.4, 0.5) is 15.8 Å². The number of anilines is 2. The van der Waals surface area contributed by atoms with Gasteiger partial charge in [0, 0.05) is 15.7 Å². The highest BCUT2D eigenvalue weighted by Gasteiger charge is 2.11. The van der Waals surface area contributed by atoms with Gasteiger partial charge in [0.25, 0.3) is 5.91 Å². The molecule has 3 N–H and O–H groups in total. The average Bonchev–Trinajstić information content (AvgIpc) is 2.32. The van der Waals surface area contributed by atoms with Crippen LogP contribution >= 0.6 is 15.9 Å². The summed E-state index contributed by atoms with van der Waals surface area (Å²) >= 11 is 3.20. The molecule has 2 aromatic carbocycles. The highest BCUT2D eigenvalue weighted by molar-refractivity contribution is 9.10. The topological polar surface area (TPSA) is 55.1 Å². The molecule has 0 unspecified atom stereocenters. The van der Waals surface area contributed by atoms with Gasteiger partial charge in [-0.1, -0.05) is 0 Å². The van der Waals surface area contributed by atoms with Crippen molar-refractivity contribution >= 4 is 33.2 Å². The number of benzene rings is 2. The van der Waals surface area contributed by atoms with Crippen molar-refractivity contribution in [1.29, 1.82) is 0 Å². The molecule has 0 aliphatic carbocycles. The van der Waals surface area contributed by atoms with Crippen LogP contribution in [-0.4, -0.2) is 5.91 Å². The number of hydrogen-bond donors (Lipinski definition) is 2. The van der Waals surface area contributed by atoms with E-state index >= 15 is 0 Å². The maximum absolute atomic E-state index is 13.0. The number of rotatable bonds is 2. The molecule has 0 fully saturated rings. The van der Waals surface area contributed by atoms with Gasteiger partial charge in [-0.15, -0.1) is 0 Å². The Kier molecular flexibility index (Phi) is 3.85. The molecule has 0 saturated carbocycles. The van der Waals surface area contributed by atoms with Gasteiger partial charge in [0.15, 0.2) is 0 Å². The zero-order valence-corrected chi connectivity index (χ0v) is 11.8. The first-order valence-electron chi connectivity index (χ1n) is 5.60. The van der Waals surface area contributed by atoms with Crippen LogP contribution in [0.3, 0.4) is 0 Å². The second kappa shape index (κ2) is 5.40. The number of nitrogens with two attached hydrogens (primary N) is 1. The van der Waals surface area contributed by atoms with E-state index in [4.69, 9.17) is 5.73 Å². The molecule has 5 heteroatoms. The Hall–Kier alpha value is -1.88. The number of carbonyl (C=O) groups excluding carboxylic acids is 1. The summed E-state index contributed by atoms with van der Waals surface area (Å²) < 4.78 is 13.5. The predicted octanol–water partition coefficient (Wildman–Crippen LogP) is 3.73. The molecule has 0 heterocycles. The molecule has 3 nitrogen and oxygen atoms in total. The summed E-state index contributed by atoms with van der Waals surface area (Å²) in [5.74, 6) is -0.627. The van der Waals surface area contributed by atoms with E-state index in [9.17, 15) is 9.18 Å². The summed E-state index contributed by atoms with van der Waals surface area (Å²) in [6.45, 7) is 1.81. The zero-order valence-electron chi connectivity index (χ0n) is 10.2. The molecule has 0 saturated heterocycles. The first kappa shape index (κ1) is 13.5. The first-order chi connectivity index (χ1) is 8.97. The standard InChI is InChI=1S/C14H12BrFN2O/c1-8-6-10(17)3-4-11(8)14(19)18-13-5-2-9(16)7-12(13)15/h2-7H,17H2,1H3,(H,18,19). The van der Waals surface area contributed by atoms with E-state index in [1.807, 2.05) is 6.92 Å². The van der Waals surface area contributed by atoms with Crippen molar-refractivity contribution in [2.75, 3.05) is 11.1 Å². The highest BCUT2D eigenvalue weighted by Crippen LogP contribution is 2.24. The fourth-order valence-electron chi connectivity index (χ4n) is 1.72. The molecule has 0 bridgehead atoms. The van der Waals surface area contributed by atoms with Crippen LogP contribution in [0.5, 0.6) is 0 Å². The monoisotopic (exact) mass is 322 g/mol. The fraction of sp³-hybridized carbons (Fsp3) is 0.0714. The van der Waals surface area contributed by atoms with Crippen LogP contribution in [0.2, 0.25) is 0 Å². The van der Waals surface area contributed by atoms with Crippen LogP contribution in [0, 0.1) is 12.7 Å². The Morgan fingerprint density at radius 1 is 1.26 bits per heavy atom. The van der Waals surface area contributed by atoms with Crippen molar-refractivity contribution in [3.63, 3.8) is 0 Å². The lowest BCUT2D eigenvalue weighted by molar-refractivity contribution is 0.102. The summed E-state index contributed by atoms with van der Waals surface area (Å²) in [7, 11) is 0. The van der Waals surface area contributed by atoms with Crippen molar-refractivity contribution in [3.8, 4) is 0 Å². The molecular weight excluding hydrogens is 311 g/mol. The first-order valence-corrected chi connectivity index (χ1v) is 6.39. The largest absolute Gasteiger partial charge is 0.399 e. The SMILES string of the molecule is Cc1cc(N)ccc1C(=O)Nc1ccc(F)cc1Br.